The standard InChI is InChI=1S/C11H18N2O4/c1-4-9(15)12-6-8(11(17)7(3)14)13-10(16)5-2/h4-5,7-8,11,14,17H,1-2,6H2,3H3,(H,12,15)(H,13,16). The number of amides is 2. The highest BCUT2D eigenvalue weighted by molar-refractivity contribution is 5.88. The zero-order chi connectivity index (χ0) is 13.4. The SMILES string of the molecule is C=CC(=O)NCC(NC(=O)C=C)C(O)C(C)O. The molecule has 0 aliphatic carbocycles. The van der Waals surface area contributed by atoms with Gasteiger partial charge in [-0.05, 0) is 19.1 Å². The Bertz CT molecular complexity index is 302. The van der Waals surface area contributed by atoms with Gasteiger partial charge in [0.1, 0.15) is 6.10 Å². The van der Waals surface area contributed by atoms with E-state index in [4.69, 9.17) is 0 Å². The van der Waals surface area contributed by atoms with Crippen LogP contribution in [0.3, 0.4) is 0 Å². The molecule has 0 saturated carbocycles. The zero-order valence-corrected chi connectivity index (χ0v) is 9.72. The fourth-order valence-corrected chi connectivity index (χ4v) is 1.12. The van der Waals surface area contributed by atoms with Gasteiger partial charge in [-0.1, -0.05) is 13.2 Å². The van der Waals surface area contributed by atoms with Gasteiger partial charge in [-0.25, -0.2) is 0 Å². The lowest BCUT2D eigenvalue weighted by molar-refractivity contribution is -0.120. The molecule has 6 heteroatoms. The molecule has 0 aliphatic rings. The Hall–Kier alpha value is -1.66. The Kier molecular flexibility index (Phi) is 6.85. The molecule has 0 aromatic rings. The number of hydrogen-bond acceptors (Lipinski definition) is 4. The largest absolute Gasteiger partial charge is 0.391 e. The van der Waals surface area contributed by atoms with Crippen LogP contribution in [0.1, 0.15) is 6.92 Å². The van der Waals surface area contributed by atoms with Gasteiger partial charge in [-0.2, -0.15) is 0 Å². The van der Waals surface area contributed by atoms with E-state index in [1.807, 2.05) is 0 Å². The van der Waals surface area contributed by atoms with Gasteiger partial charge in [-0.3, -0.25) is 9.59 Å². The van der Waals surface area contributed by atoms with Crippen molar-refractivity contribution in [1.82, 2.24) is 10.6 Å². The molecule has 2 amide bonds. The number of carbonyl (C=O) groups excluding carboxylic acids is 2. The summed E-state index contributed by atoms with van der Waals surface area (Å²) < 4.78 is 0. The summed E-state index contributed by atoms with van der Waals surface area (Å²) in [5.41, 5.74) is 0. The minimum absolute atomic E-state index is 0.0174. The smallest absolute Gasteiger partial charge is 0.243 e. The molecule has 0 saturated heterocycles. The van der Waals surface area contributed by atoms with Gasteiger partial charge in [0.2, 0.25) is 11.8 Å². The van der Waals surface area contributed by atoms with Crippen molar-refractivity contribution in [2.75, 3.05) is 6.54 Å². The second-order valence-corrected chi connectivity index (χ2v) is 3.50. The number of rotatable bonds is 7. The monoisotopic (exact) mass is 242 g/mol. The Labute approximate surface area is 100 Å². The van der Waals surface area contributed by atoms with E-state index >= 15 is 0 Å². The first-order chi connectivity index (χ1) is 7.92. The summed E-state index contributed by atoms with van der Waals surface area (Å²) in [7, 11) is 0. The van der Waals surface area contributed by atoms with Crippen LogP contribution in [0.15, 0.2) is 25.3 Å². The molecule has 0 spiro atoms. The van der Waals surface area contributed by atoms with Gasteiger partial charge in [0, 0.05) is 6.54 Å². The minimum atomic E-state index is -1.19. The van der Waals surface area contributed by atoms with E-state index in [1.54, 1.807) is 0 Å². The molecule has 96 valence electrons. The van der Waals surface area contributed by atoms with E-state index in [0.717, 1.165) is 12.2 Å². The maximum absolute atomic E-state index is 11.1. The first-order valence-electron chi connectivity index (χ1n) is 5.11. The van der Waals surface area contributed by atoms with Crippen molar-refractivity contribution in [3.05, 3.63) is 25.3 Å². The fraction of sp³-hybridized carbons (Fsp3) is 0.455. The molecule has 3 unspecified atom stereocenters. The van der Waals surface area contributed by atoms with Gasteiger partial charge >= 0.3 is 0 Å². The molecular weight excluding hydrogens is 224 g/mol. The fourth-order valence-electron chi connectivity index (χ4n) is 1.12. The molecule has 0 aromatic carbocycles. The van der Waals surface area contributed by atoms with Gasteiger partial charge < -0.3 is 20.8 Å². The van der Waals surface area contributed by atoms with Crippen molar-refractivity contribution in [3.8, 4) is 0 Å². The molecular formula is C11H18N2O4. The van der Waals surface area contributed by atoms with Crippen molar-refractivity contribution in [3.63, 3.8) is 0 Å². The lowest BCUT2D eigenvalue weighted by atomic mass is 10.1. The van der Waals surface area contributed by atoms with Crippen molar-refractivity contribution in [2.24, 2.45) is 0 Å². The predicted molar refractivity (Wildman–Crippen MR) is 63.0 cm³/mol. The van der Waals surface area contributed by atoms with Crippen LogP contribution < -0.4 is 10.6 Å². The molecule has 0 bridgehead atoms. The van der Waals surface area contributed by atoms with E-state index in [2.05, 4.69) is 23.8 Å². The first-order valence-corrected chi connectivity index (χ1v) is 5.11. The van der Waals surface area contributed by atoms with Gasteiger partial charge in [0.15, 0.2) is 0 Å². The highest BCUT2D eigenvalue weighted by Gasteiger charge is 2.24. The average Bonchev–Trinajstić information content (AvgIpc) is 2.32. The van der Waals surface area contributed by atoms with Gasteiger partial charge in [0.25, 0.3) is 0 Å². The van der Waals surface area contributed by atoms with Crippen LogP contribution in [-0.4, -0.2) is 46.8 Å². The molecule has 6 nitrogen and oxygen atoms in total. The van der Waals surface area contributed by atoms with Crippen LogP contribution in [0.2, 0.25) is 0 Å². The third kappa shape index (κ3) is 5.84. The van der Waals surface area contributed by atoms with Crippen LogP contribution in [0.25, 0.3) is 0 Å². The van der Waals surface area contributed by atoms with E-state index in [1.165, 1.54) is 6.92 Å². The summed E-state index contributed by atoms with van der Waals surface area (Å²) in [6.45, 7) is 7.90. The summed E-state index contributed by atoms with van der Waals surface area (Å²) in [5.74, 6) is -0.928. The van der Waals surface area contributed by atoms with Crippen molar-refractivity contribution >= 4 is 11.8 Å². The molecule has 3 atom stereocenters. The highest BCUT2D eigenvalue weighted by Crippen LogP contribution is 1.99. The Balaban J connectivity index is 4.49. The maximum Gasteiger partial charge on any atom is 0.243 e. The zero-order valence-electron chi connectivity index (χ0n) is 9.72. The summed E-state index contributed by atoms with van der Waals surface area (Å²) in [5, 5.41) is 23.7. The van der Waals surface area contributed by atoms with Crippen LogP contribution in [0.5, 0.6) is 0 Å². The number of aliphatic hydroxyl groups excluding tert-OH is 2. The molecule has 0 radical (unpaired) electrons. The van der Waals surface area contributed by atoms with Crippen LogP contribution >= 0.6 is 0 Å². The second-order valence-electron chi connectivity index (χ2n) is 3.50. The van der Waals surface area contributed by atoms with Crippen LogP contribution in [0.4, 0.5) is 0 Å². The van der Waals surface area contributed by atoms with Gasteiger partial charge in [-0.15, -0.1) is 0 Å². The number of carbonyl (C=O) groups is 2. The maximum atomic E-state index is 11.1. The summed E-state index contributed by atoms with van der Waals surface area (Å²) >= 11 is 0. The molecule has 0 aromatic heterocycles. The summed E-state index contributed by atoms with van der Waals surface area (Å²) in [6, 6.07) is -0.801. The van der Waals surface area contributed by atoms with Crippen molar-refractivity contribution < 1.29 is 19.8 Å². The summed E-state index contributed by atoms with van der Waals surface area (Å²) in [4.78, 5) is 22.1. The highest BCUT2D eigenvalue weighted by atomic mass is 16.3. The second kappa shape index (κ2) is 7.59. The van der Waals surface area contributed by atoms with E-state index in [9.17, 15) is 19.8 Å². The summed E-state index contributed by atoms with van der Waals surface area (Å²) in [6.07, 6.45) is -0.118. The van der Waals surface area contributed by atoms with Crippen LogP contribution in [-0.2, 0) is 9.59 Å². The Morgan fingerprint density at radius 2 is 1.76 bits per heavy atom. The molecule has 0 aliphatic heterocycles. The van der Waals surface area contributed by atoms with E-state index in [-0.39, 0.29) is 6.54 Å². The third-order valence-corrected chi connectivity index (χ3v) is 2.10. The average molecular weight is 242 g/mol. The topological polar surface area (TPSA) is 98.7 Å². The molecule has 4 N–H and O–H groups in total. The Morgan fingerprint density at radius 1 is 1.24 bits per heavy atom. The first kappa shape index (κ1) is 15.3. The van der Waals surface area contributed by atoms with Crippen LogP contribution in [0, 0.1) is 0 Å². The molecule has 17 heavy (non-hydrogen) atoms. The molecule has 0 heterocycles. The number of aliphatic hydroxyl groups is 2. The van der Waals surface area contributed by atoms with E-state index < -0.39 is 30.1 Å². The normalized spacial score (nSPS) is 15.2. The lowest BCUT2D eigenvalue weighted by Crippen LogP contribution is -2.53. The number of nitrogens with one attached hydrogen (secondary N) is 2. The Morgan fingerprint density at radius 3 is 2.18 bits per heavy atom. The molecule has 0 fully saturated rings. The number of hydrogen-bond donors (Lipinski definition) is 4. The van der Waals surface area contributed by atoms with Gasteiger partial charge in [0.05, 0.1) is 12.1 Å². The molecule has 0 rings (SSSR count). The quantitative estimate of drug-likeness (QED) is 0.417. The lowest BCUT2D eigenvalue weighted by Gasteiger charge is -2.25. The van der Waals surface area contributed by atoms with Crippen molar-refractivity contribution in [1.29, 1.82) is 0 Å². The van der Waals surface area contributed by atoms with E-state index in [0.29, 0.717) is 0 Å². The minimum Gasteiger partial charge on any atom is -0.391 e. The van der Waals surface area contributed by atoms with Crippen molar-refractivity contribution in [2.45, 2.75) is 25.2 Å². The third-order valence-electron chi connectivity index (χ3n) is 2.10. The predicted octanol–water partition coefficient (Wildman–Crippen LogP) is -1.30.